The number of halogens is 2. The SMILES string of the molecule is COc1ccc(CC(O)Cc2ccccc2F)cc1Br. The van der Waals surface area contributed by atoms with Gasteiger partial charge in [0.15, 0.2) is 0 Å². The van der Waals surface area contributed by atoms with Crippen LogP contribution in [0, 0.1) is 5.82 Å². The standard InChI is InChI=1S/C16H16BrFO2/c1-20-16-7-6-11(9-14(16)17)8-13(19)10-12-4-2-3-5-15(12)18/h2-7,9,13,19H,8,10H2,1H3. The van der Waals surface area contributed by atoms with Gasteiger partial charge in [0.2, 0.25) is 0 Å². The molecule has 1 N–H and O–H groups in total. The fourth-order valence-corrected chi connectivity index (χ4v) is 2.69. The molecule has 1 atom stereocenters. The van der Waals surface area contributed by atoms with Crippen LogP contribution >= 0.6 is 15.9 Å². The number of aliphatic hydroxyl groups excluding tert-OH is 1. The molecule has 2 nitrogen and oxygen atoms in total. The van der Waals surface area contributed by atoms with Gasteiger partial charge < -0.3 is 9.84 Å². The van der Waals surface area contributed by atoms with Gasteiger partial charge in [-0.15, -0.1) is 0 Å². The Morgan fingerprint density at radius 2 is 1.95 bits per heavy atom. The minimum absolute atomic E-state index is 0.275. The van der Waals surface area contributed by atoms with E-state index in [2.05, 4.69) is 15.9 Å². The smallest absolute Gasteiger partial charge is 0.133 e. The lowest BCUT2D eigenvalue weighted by Gasteiger charge is -2.12. The fraction of sp³-hybridized carbons (Fsp3) is 0.250. The van der Waals surface area contributed by atoms with Gasteiger partial charge in [-0.25, -0.2) is 4.39 Å². The third kappa shape index (κ3) is 3.81. The summed E-state index contributed by atoms with van der Waals surface area (Å²) >= 11 is 3.41. The monoisotopic (exact) mass is 338 g/mol. The molecule has 0 bridgehead atoms. The van der Waals surface area contributed by atoms with E-state index >= 15 is 0 Å². The van der Waals surface area contributed by atoms with Gasteiger partial charge in [0, 0.05) is 6.42 Å². The van der Waals surface area contributed by atoms with E-state index in [0.29, 0.717) is 18.4 Å². The van der Waals surface area contributed by atoms with E-state index in [1.165, 1.54) is 6.07 Å². The molecule has 0 spiro atoms. The van der Waals surface area contributed by atoms with E-state index in [1.54, 1.807) is 25.3 Å². The molecule has 0 amide bonds. The Balaban J connectivity index is 2.03. The van der Waals surface area contributed by atoms with Crippen molar-refractivity contribution in [3.05, 3.63) is 63.9 Å². The summed E-state index contributed by atoms with van der Waals surface area (Å²) in [5.74, 6) is 0.472. The Hall–Kier alpha value is -1.39. The topological polar surface area (TPSA) is 29.5 Å². The fourth-order valence-electron chi connectivity index (χ4n) is 2.10. The number of hydrogen-bond acceptors (Lipinski definition) is 2. The van der Waals surface area contributed by atoms with Crippen molar-refractivity contribution in [2.24, 2.45) is 0 Å². The van der Waals surface area contributed by atoms with Gasteiger partial charge in [0.1, 0.15) is 11.6 Å². The van der Waals surface area contributed by atoms with Gasteiger partial charge in [0.05, 0.1) is 17.7 Å². The number of benzene rings is 2. The Morgan fingerprint density at radius 1 is 1.20 bits per heavy atom. The third-order valence-electron chi connectivity index (χ3n) is 3.10. The maximum Gasteiger partial charge on any atom is 0.133 e. The van der Waals surface area contributed by atoms with E-state index in [-0.39, 0.29) is 5.82 Å². The average molecular weight is 339 g/mol. The molecule has 0 saturated heterocycles. The zero-order valence-electron chi connectivity index (χ0n) is 11.1. The predicted octanol–water partition coefficient (Wildman–Crippen LogP) is 3.74. The molecule has 0 aliphatic carbocycles. The van der Waals surface area contributed by atoms with Crippen molar-refractivity contribution in [2.45, 2.75) is 18.9 Å². The molecule has 20 heavy (non-hydrogen) atoms. The van der Waals surface area contributed by atoms with Crippen molar-refractivity contribution in [1.82, 2.24) is 0 Å². The van der Waals surface area contributed by atoms with Gasteiger partial charge in [-0.05, 0) is 51.7 Å². The lowest BCUT2D eigenvalue weighted by atomic mass is 10.0. The molecule has 2 aromatic rings. The average Bonchev–Trinajstić information content (AvgIpc) is 2.41. The van der Waals surface area contributed by atoms with Crippen LogP contribution in [0.25, 0.3) is 0 Å². The van der Waals surface area contributed by atoms with Crippen molar-refractivity contribution in [1.29, 1.82) is 0 Å². The molecule has 2 aromatic carbocycles. The Bertz CT molecular complexity index is 586. The van der Waals surface area contributed by atoms with Crippen molar-refractivity contribution in [3.63, 3.8) is 0 Å². The van der Waals surface area contributed by atoms with Crippen LogP contribution in [0.3, 0.4) is 0 Å². The highest BCUT2D eigenvalue weighted by molar-refractivity contribution is 9.10. The Morgan fingerprint density at radius 3 is 2.60 bits per heavy atom. The first-order chi connectivity index (χ1) is 9.60. The van der Waals surface area contributed by atoms with Gasteiger partial charge in [-0.1, -0.05) is 24.3 Å². The molecule has 0 saturated carbocycles. The second-order valence-corrected chi connectivity index (χ2v) is 5.48. The summed E-state index contributed by atoms with van der Waals surface area (Å²) in [4.78, 5) is 0. The highest BCUT2D eigenvalue weighted by Crippen LogP contribution is 2.26. The van der Waals surface area contributed by atoms with Crippen LogP contribution in [0.2, 0.25) is 0 Å². The third-order valence-corrected chi connectivity index (χ3v) is 3.72. The van der Waals surface area contributed by atoms with E-state index in [9.17, 15) is 9.50 Å². The summed E-state index contributed by atoms with van der Waals surface area (Å²) in [6.45, 7) is 0. The maximum atomic E-state index is 13.5. The van der Waals surface area contributed by atoms with Crippen LogP contribution in [0.5, 0.6) is 5.75 Å². The molecule has 106 valence electrons. The molecular formula is C16H16BrFO2. The molecule has 0 aliphatic rings. The summed E-state index contributed by atoms with van der Waals surface area (Å²) in [6, 6.07) is 12.2. The molecule has 1 unspecified atom stereocenters. The highest BCUT2D eigenvalue weighted by atomic mass is 79.9. The minimum atomic E-state index is -0.618. The zero-order chi connectivity index (χ0) is 14.5. The minimum Gasteiger partial charge on any atom is -0.496 e. The molecule has 0 aliphatic heterocycles. The summed E-state index contributed by atoms with van der Waals surface area (Å²) in [5, 5.41) is 10.1. The first kappa shape index (κ1) is 15.0. The summed E-state index contributed by atoms with van der Waals surface area (Å²) < 4.78 is 19.5. The van der Waals surface area contributed by atoms with Crippen LogP contribution in [0.1, 0.15) is 11.1 Å². The zero-order valence-corrected chi connectivity index (χ0v) is 12.7. The number of aliphatic hydroxyl groups is 1. The predicted molar refractivity (Wildman–Crippen MR) is 80.5 cm³/mol. The molecule has 0 radical (unpaired) electrons. The second kappa shape index (κ2) is 6.86. The molecule has 0 heterocycles. The first-order valence-corrected chi connectivity index (χ1v) is 7.13. The van der Waals surface area contributed by atoms with Crippen molar-refractivity contribution < 1.29 is 14.2 Å². The van der Waals surface area contributed by atoms with Crippen molar-refractivity contribution >= 4 is 15.9 Å². The summed E-state index contributed by atoms with van der Waals surface area (Å²) in [5.41, 5.74) is 1.51. The van der Waals surface area contributed by atoms with Crippen molar-refractivity contribution in [2.75, 3.05) is 7.11 Å². The van der Waals surface area contributed by atoms with E-state index < -0.39 is 6.10 Å². The van der Waals surface area contributed by atoms with Crippen LogP contribution in [-0.4, -0.2) is 18.3 Å². The molecule has 4 heteroatoms. The number of hydrogen-bond donors (Lipinski definition) is 1. The quantitative estimate of drug-likeness (QED) is 0.899. The van der Waals surface area contributed by atoms with Crippen LogP contribution in [0.4, 0.5) is 4.39 Å². The highest BCUT2D eigenvalue weighted by Gasteiger charge is 2.11. The van der Waals surface area contributed by atoms with E-state index in [1.807, 2.05) is 18.2 Å². The van der Waals surface area contributed by atoms with E-state index in [4.69, 9.17) is 4.74 Å². The van der Waals surface area contributed by atoms with Crippen molar-refractivity contribution in [3.8, 4) is 5.75 Å². The second-order valence-electron chi connectivity index (χ2n) is 4.62. The Labute approximate surface area is 126 Å². The van der Waals surface area contributed by atoms with Gasteiger partial charge in [0.25, 0.3) is 0 Å². The van der Waals surface area contributed by atoms with Gasteiger partial charge in [-0.2, -0.15) is 0 Å². The number of ether oxygens (including phenoxy) is 1. The largest absolute Gasteiger partial charge is 0.496 e. The summed E-state index contributed by atoms with van der Waals surface area (Å²) in [7, 11) is 1.60. The normalized spacial score (nSPS) is 12.2. The molecular weight excluding hydrogens is 323 g/mol. The lowest BCUT2D eigenvalue weighted by molar-refractivity contribution is 0.174. The van der Waals surface area contributed by atoms with Gasteiger partial charge >= 0.3 is 0 Å². The van der Waals surface area contributed by atoms with Crippen LogP contribution < -0.4 is 4.74 Å². The van der Waals surface area contributed by atoms with Gasteiger partial charge in [-0.3, -0.25) is 0 Å². The molecule has 0 aromatic heterocycles. The number of methoxy groups -OCH3 is 1. The number of rotatable bonds is 5. The Kier molecular flexibility index (Phi) is 5.15. The summed E-state index contributed by atoms with van der Waals surface area (Å²) in [6.07, 6.45) is 0.153. The van der Waals surface area contributed by atoms with Crippen LogP contribution in [0.15, 0.2) is 46.9 Å². The van der Waals surface area contributed by atoms with E-state index in [0.717, 1.165) is 15.8 Å². The molecule has 2 rings (SSSR count). The first-order valence-electron chi connectivity index (χ1n) is 6.34. The van der Waals surface area contributed by atoms with Crippen LogP contribution in [-0.2, 0) is 12.8 Å². The lowest BCUT2D eigenvalue weighted by Crippen LogP contribution is -2.14. The maximum absolute atomic E-state index is 13.5. The molecule has 0 fully saturated rings.